The Labute approximate surface area is 106 Å². The molecule has 7 nitrogen and oxygen atoms in total. The molecule has 1 heterocycles. The highest BCUT2D eigenvalue weighted by Crippen LogP contribution is 2.18. The molecular formula is C10H17N3O4S. The molecule has 0 saturated carbocycles. The van der Waals surface area contributed by atoms with E-state index in [-0.39, 0.29) is 11.6 Å². The maximum atomic E-state index is 12.4. The Morgan fingerprint density at radius 3 is 2.56 bits per heavy atom. The molecule has 0 amide bonds. The van der Waals surface area contributed by atoms with E-state index in [0.29, 0.717) is 12.0 Å². The normalized spacial score (nSPS) is 12.0. The highest BCUT2D eigenvalue weighted by molar-refractivity contribution is 7.89. The zero-order valence-electron chi connectivity index (χ0n) is 10.6. The second-order valence-electron chi connectivity index (χ2n) is 3.99. The number of aromatic nitrogens is 2. The van der Waals surface area contributed by atoms with Crippen LogP contribution < -0.4 is 0 Å². The van der Waals surface area contributed by atoms with Crippen LogP contribution in [0, 0.1) is 6.92 Å². The summed E-state index contributed by atoms with van der Waals surface area (Å²) in [6.45, 7) is 3.05. The minimum absolute atomic E-state index is 0.0391. The largest absolute Gasteiger partial charge is 0.480 e. The number of carboxylic acids is 1. The predicted molar refractivity (Wildman–Crippen MR) is 64.6 cm³/mol. The molecule has 1 N–H and O–H groups in total. The number of rotatable bonds is 6. The Bertz CT molecular complexity index is 516. The van der Waals surface area contributed by atoms with Crippen LogP contribution in [0.1, 0.15) is 18.9 Å². The van der Waals surface area contributed by atoms with Crippen molar-refractivity contribution < 1.29 is 18.3 Å². The van der Waals surface area contributed by atoms with Crippen molar-refractivity contribution in [2.24, 2.45) is 7.05 Å². The zero-order valence-corrected chi connectivity index (χ0v) is 11.4. The Morgan fingerprint density at radius 2 is 2.17 bits per heavy atom. The number of aryl methyl sites for hydroxylation is 2. The third kappa shape index (κ3) is 2.88. The lowest BCUT2D eigenvalue weighted by atomic mass is 10.4. The first-order chi connectivity index (χ1) is 8.30. The van der Waals surface area contributed by atoms with Crippen molar-refractivity contribution in [1.29, 1.82) is 0 Å². The van der Waals surface area contributed by atoms with E-state index in [1.807, 2.05) is 0 Å². The number of nitrogens with zero attached hydrogens (tertiary/aromatic N) is 3. The molecule has 0 spiro atoms. The second kappa shape index (κ2) is 5.49. The van der Waals surface area contributed by atoms with Gasteiger partial charge in [-0.1, -0.05) is 6.92 Å². The van der Waals surface area contributed by atoms with Crippen LogP contribution in [0.2, 0.25) is 0 Å². The molecule has 0 fully saturated rings. The maximum absolute atomic E-state index is 12.4. The molecule has 8 heteroatoms. The molecule has 0 aliphatic carbocycles. The molecule has 0 saturated heterocycles. The monoisotopic (exact) mass is 275 g/mol. The van der Waals surface area contributed by atoms with Gasteiger partial charge in [0.15, 0.2) is 5.03 Å². The van der Waals surface area contributed by atoms with E-state index in [0.717, 1.165) is 4.31 Å². The smallest absolute Gasteiger partial charge is 0.318 e. The number of carbonyl (C=O) groups is 1. The van der Waals surface area contributed by atoms with E-state index >= 15 is 0 Å². The van der Waals surface area contributed by atoms with Gasteiger partial charge < -0.3 is 5.11 Å². The molecule has 0 aliphatic heterocycles. The summed E-state index contributed by atoms with van der Waals surface area (Å²) in [4.78, 5) is 10.7. The van der Waals surface area contributed by atoms with E-state index in [4.69, 9.17) is 5.11 Å². The van der Waals surface area contributed by atoms with Crippen molar-refractivity contribution in [1.82, 2.24) is 14.1 Å². The first-order valence-corrected chi connectivity index (χ1v) is 6.95. The van der Waals surface area contributed by atoms with Gasteiger partial charge in [-0.05, 0) is 13.3 Å². The van der Waals surface area contributed by atoms with Crippen molar-refractivity contribution in [3.05, 3.63) is 11.8 Å². The van der Waals surface area contributed by atoms with Crippen LogP contribution in [0.25, 0.3) is 0 Å². The van der Waals surface area contributed by atoms with Gasteiger partial charge in [-0.2, -0.15) is 9.40 Å². The standard InChI is InChI=1S/C10H17N3O4S/c1-4-5-13(7-9(14)15)18(16,17)10-8(2)6-11-12(10)3/h6H,4-5,7H2,1-3H3,(H,14,15). The van der Waals surface area contributed by atoms with Crippen LogP contribution in [-0.2, 0) is 21.9 Å². The summed E-state index contributed by atoms with van der Waals surface area (Å²) >= 11 is 0. The minimum atomic E-state index is -3.82. The van der Waals surface area contributed by atoms with Gasteiger partial charge in [0.05, 0.1) is 6.20 Å². The van der Waals surface area contributed by atoms with Crippen molar-refractivity contribution in [3.63, 3.8) is 0 Å². The lowest BCUT2D eigenvalue weighted by Gasteiger charge is -2.19. The molecule has 1 rings (SSSR count). The molecule has 102 valence electrons. The Balaban J connectivity index is 3.21. The second-order valence-corrected chi connectivity index (χ2v) is 5.84. The molecule has 0 aliphatic rings. The summed E-state index contributed by atoms with van der Waals surface area (Å²) in [7, 11) is -2.30. The van der Waals surface area contributed by atoms with Crippen LogP contribution in [0.15, 0.2) is 11.2 Å². The number of hydrogen-bond donors (Lipinski definition) is 1. The van der Waals surface area contributed by atoms with E-state index in [1.165, 1.54) is 17.9 Å². The van der Waals surface area contributed by atoms with Gasteiger partial charge in [-0.3, -0.25) is 9.48 Å². The van der Waals surface area contributed by atoms with Crippen molar-refractivity contribution in [2.75, 3.05) is 13.1 Å². The summed E-state index contributed by atoms with van der Waals surface area (Å²) in [5.41, 5.74) is 0.504. The highest BCUT2D eigenvalue weighted by Gasteiger charge is 2.30. The van der Waals surface area contributed by atoms with Crippen molar-refractivity contribution in [3.8, 4) is 0 Å². The first-order valence-electron chi connectivity index (χ1n) is 5.51. The quantitative estimate of drug-likeness (QED) is 0.801. The van der Waals surface area contributed by atoms with Gasteiger partial charge in [-0.25, -0.2) is 8.42 Å². The lowest BCUT2D eigenvalue weighted by molar-refractivity contribution is -0.137. The SMILES string of the molecule is CCCN(CC(=O)O)S(=O)(=O)c1c(C)cnn1C. The van der Waals surface area contributed by atoms with Gasteiger partial charge in [0.1, 0.15) is 6.54 Å². The average Bonchev–Trinajstić information content (AvgIpc) is 2.57. The fourth-order valence-electron chi connectivity index (χ4n) is 1.71. The third-order valence-electron chi connectivity index (χ3n) is 2.42. The van der Waals surface area contributed by atoms with E-state index in [9.17, 15) is 13.2 Å². The van der Waals surface area contributed by atoms with E-state index in [1.54, 1.807) is 13.8 Å². The van der Waals surface area contributed by atoms with Crippen LogP contribution in [-0.4, -0.2) is 46.7 Å². The summed E-state index contributed by atoms with van der Waals surface area (Å²) in [6.07, 6.45) is 1.99. The van der Waals surface area contributed by atoms with Gasteiger partial charge >= 0.3 is 5.97 Å². The molecule has 18 heavy (non-hydrogen) atoms. The van der Waals surface area contributed by atoms with Crippen LogP contribution in [0.4, 0.5) is 0 Å². The average molecular weight is 275 g/mol. The zero-order chi connectivity index (χ0) is 13.9. The summed E-state index contributed by atoms with van der Waals surface area (Å²) in [6, 6.07) is 0. The van der Waals surface area contributed by atoms with Gasteiger partial charge in [0, 0.05) is 19.2 Å². The summed E-state index contributed by atoms with van der Waals surface area (Å²) in [5, 5.41) is 12.7. The number of sulfonamides is 1. The first kappa shape index (κ1) is 14.7. The van der Waals surface area contributed by atoms with Crippen LogP contribution in [0.5, 0.6) is 0 Å². The molecule has 0 atom stereocenters. The predicted octanol–water partition coefficient (Wildman–Crippen LogP) is 0.214. The van der Waals surface area contributed by atoms with E-state index < -0.39 is 22.5 Å². The highest BCUT2D eigenvalue weighted by atomic mass is 32.2. The lowest BCUT2D eigenvalue weighted by Crippen LogP contribution is -2.37. The van der Waals surface area contributed by atoms with E-state index in [2.05, 4.69) is 5.10 Å². The molecule has 0 unspecified atom stereocenters. The summed E-state index contributed by atoms with van der Waals surface area (Å²) < 4.78 is 26.9. The van der Waals surface area contributed by atoms with Crippen LogP contribution >= 0.6 is 0 Å². The van der Waals surface area contributed by atoms with Crippen LogP contribution in [0.3, 0.4) is 0 Å². The molecule has 0 bridgehead atoms. The Kier molecular flexibility index (Phi) is 4.47. The fourth-order valence-corrected chi connectivity index (χ4v) is 3.50. The van der Waals surface area contributed by atoms with Crippen molar-refractivity contribution in [2.45, 2.75) is 25.3 Å². The number of hydrogen-bond acceptors (Lipinski definition) is 4. The molecule has 1 aromatic heterocycles. The van der Waals surface area contributed by atoms with Gasteiger partial charge in [0.25, 0.3) is 10.0 Å². The number of aliphatic carboxylic acids is 1. The molecule has 1 aromatic rings. The van der Waals surface area contributed by atoms with Gasteiger partial charge in [0.2, 0.25) is 0 Å². The van der Waals surface area contributed by atoms with Gasteiger partial charge in [-0.15, -0.1) is 0 Å². The Hall–Kier alpha value is -1.41. The maximum Gasteiger partial charge on any atom is 0.318 e. The summed E-state index contributed by atoms with van der Waals surface area (Å²) in [5.74, 6) is -1.17. The third-order valence-corrected chi connectivity index (χ3v) is 4.49. The molecular weight excluding hydrogens is 258 g/mol. The minimum Gasteiger partial charge on any atom is -0.480 e. The molecule has 0 aromatic carbocycles. The topological polar surface area (TPSA) is 92.5 Å². The Morgan fingerprint density at radius 1 is 1.56 bits per heavy atom. The van der Waals surface area contributed by atoms with Crippen molar-refractivity contribution >= 4 is 16.0 Å². The number of carboxylic acid groups (broad SMARTS) is 1. The molecule has 0 radical (unpaired) electrons. The fraction of sp³-hybridized carbons (Fsp3) is 0.600.